The minimum absolute atomic E-state index is 0.146. The zero-order valence-electron chi connectivity index (χ0n) is 9.69. The van der Waals surface area contributed by atoms with Crippen LogP contribution in [-0.2, 0) is 10.0 Å². The summed E-state index contributed by atoms with van der Waals surface area (Å²) in [5, 5.41) is 0. The van der Waals surface area contributed by atoms with E-state index < -0.39 is 15.8 Å². The van der Waals surface area contributed by atoms with E-state index in [9.17, 15) is 12.8 Å². The Morgan fingerprint density at radius 1 is 1.41 bits per heavy atom. The summed E-state index contributed by atoms with van der Waals surface area (Å²) in [5.41, 5.74) is 0. The van der Waals surface area contributed by atoms with Crippen LogP contribution in [0.2, 0.25) is 0 Å². The maximum Gasteiger partial charge on any atom is 0.243 e. The van der Waals surface area contributed by atoms with Gasteiger partial charge in [0.25, 0.3) is 0 Å². The van der Waals surface area contributed by atoms with Gasteiger partial charge < -0.3 is 0 Å². The Kier molecular flexibility index (Phi) is 3.49. The molecule has 0 bridgehead atoms. The van der Waals surface area contributed by atoms with Crippen LogP contribution >= 0.6 is 0 Å². The molecule has 1 atom stereocenters. The molecule has 0 saturated heterocycles. The molecule has 94 valence electrons. The van der Waals surface area contributed by atoms with Crippen LogP contribution in [0.4, 0.5) is 4.39 Å². The predicted octanol–water partition coefficient (Wildman–Crippen LogP) is 2.29. The van der Waals surface area contributed by atoms with Gasteiger partial charge in [0.15, 0.2) is 0 Å². The molecular weight excluding hydrogens is 241 g/mol. The Balaban J connectivity index is 2.10. The molecule has 5 heteroatoms. The minimum atomic E-state index is -3.73. The van der Waals surface area contributed by atoms with Crippen molar-refractivity contribution in [1.82, 2.24) is 4.72 Å². The second-order valence-electron chi connectivity index (χ2n) is 4.63. The lowest BCUT2D eigenvalue weighted by molar-refractivity contribution is 0.520. The van der Waals surface area contributed by atoms with E-state index >= 15 is 0 Å². The summed E-state index contributed by atoms with van der Waals surface area (Å²) >= 11 is 0. The van der Waals surface area contributed by atoms with Crippen LogP contribution in [0.1, 0.15) is 26.2 Å². The molecule has 0 aromatic heterocycles. The molecule has 2 rings (SSSR count). The van der Waals surface area contributed by atoms with Crippen molar-refractivity contribution >= 4 is 10.0 Å². The van der Waals surface area contributed by atoms with E-state index in [0.29, 0.717) is 5.92 Å². The van der Waals surface area contributed by atoms with Crippen molar-refractivity contribution in [2.45, 2.75) is 37.1 Å². The fraction of sp³-hybridized carbons (Fsp3) is 0.500. The van der Waals surface area contributed by atoms with E-state index in [4.69, 9.17) is 0 Å². The lowest BCUT2D eigenvalue weighted by Gasteiger charge is -2.14. The number of sulfonamides is 1. The van der Waals surface area contributed by atoms with E-state index in [1.807, 2.05) is 6.92 Å². The fourth-order valence-electron chi connectivity index (χ4n) is 1.89. The first kappa shape index (κ1) is 12.5. The van der Waals surface area contributed by atoms with Gasteiger partial charge in [-0.15, -0.1) is 0 Å². The lowest BCUT2D eigenvalue weighted by atomic mass is 10.2. The third-order valence-electron chi connectivity index (χ3n) is 2.87. The molecular formula is C12H16FNO2S. The SMILES string of the molecule is CC(CC1CC1)NS(=O)(=O)c1ccccc1F. The molecule has 1 aromatic carbocycles. The number of benzene rings is 1. The van der Waals surface area contributed by atoms with E-state index in [0.717, 1.165) is 12.5 Å². The molecule has 1 unspecified atom stereocenters. The number of hydrogen-bond donors (Lipinski definition) is 1. The second-order valence-corrected chi connectivity index (χ2v) is 6.31. The molecule has 17 heavy (non-hydrogen) atoms. The highest BCUT2D eigenvalue weighted by molar-refractivity contribution is 7.89. The number of hydrogen-bond acceptors (Lipinski definition) is 2. The lowest BCUT2D eigenvalue weighted by Crippen LogP contribution is -2.33. The standard InChI is InChI=1S/C12H16FNO2S/c1-9(8-10-6-7-10)14-17(15,16)12-5-3-2-4-11(12)13/h2-5,9-10,14H,6-8H2,1H3. The van der Waals surface area contributed by atoms with Gasteiger partial charge >= 0.3 is 0 Å². The molecule has 3 nitrogen and oxygen atoms in total. The molecule has 0 spiro atoms. The molecule has 1 aliphatic carbocycles. The Morgan fingerprint density at radius 2 is 2.06 bits per heavy atom. The monoisotopic (exact) mass is 257 g/mol. The van der Waals surface area contributed by atoms with Gasteiger partial charge in [0, 0.05) is 6.04 Å². The van der Waals surface area contributed by atoms with Gasteiger partial charge in [-0.25, -0.2) is 17.5 Å². The zero-order valence-corrected chi connectivity index (χ0v) is 10.5. The highest BCUT2D eigenvalue weighted by Crippen LogP contribution is 2.33. The topological polar surface area (TPSA) is 46.2 Å². The molecule has 1 aromatic rings. The van der Waals surface area contributed by atoms with Crippen LogP contribution in [0.25, 0.3) is 0 Å². The van der Waals surface area contributed by atoms with Crippen molar-refractivity contribution in [3.05, 3.63) is 30.1 Å². The quantitative estimate of drug-likeness (QED) is 0.879. The van der Waals surface area contributed by atoms with Crippen LogP contribution < -0.4 is 4.72 Å². The van der Waals surface area contributed by atoms with E-state index in [1.165, 1.54) is 31.0 Å². The summed E-state index contributed by atoms with van der Waals surface area (Å²) < 4.78 is 39.7. The molecule has 1 saturated carbocycles. The summed E-state index contributed by atoms with van der Waals surface area (Å²) in [5.74, 6) is -0.0769. The molecule has 1 fully saturated rings. The van der Waals surface area contributed by atoms with Gasteiger partial charge in [-0.05, 0) is 31.4 Å². The van der Waals surface area contributed by atoms with Crippen molar-refractivity contribution < 1.29 is 12.8 Å². The Hall–Kier alpha value is -0.940. The summed E-state index contributed by atoms with van der Waals surface area (Å²) in [7, 11) is -3.73. The van der Waals surface area contributed by atoms with E-state index in [1.54, 1.807) is 0 Å². The van der Waals surface area contributed by atoms with Crippen LogP contribution in [0.5, 0.6) is 0 Å². The molecule has 0 amide bonds. The maximum absolute atomic E-state index is 13.4. The van der Waals surface area contributed by atoms with Crippen molar-refractivity contribution in [2.24, 2.45) is 5.92 Å². The predicted molar refractivity (Wildman–Crippen MR) is 63.5 cm³/mol. The van der Waals surface area contributed by atoms with Crippen LogP contribution in [0, 0.1) is 11.7 Å². The fourth-order valence-corrected chi connectivity index (χ4v) is 3.23. The normalized spacial score (nSPS) is 18.0. The average Bonchev–Trinajstić information content (AvgIpc) is 3.00. The Labute approximate surface area is 101 Å². The summed E-state index contributed by atoms with van der Waals surface area (Å²) in [6.07, 6.45) is 3.17. The third-order valence-corrected chi connectivity index (χ3v) is 4.49. The first-order valence-electron chi connectivity index (χ1n) is 5.76. The van der Waals surface area contributed by atoms with Crippen LogP contribution in [0.15, 0.2) is 29.2 Å². The van der Waals surface area contributed by atoms with E-state index in [-0.39, 0.29) is 10.9 Å². The zero-order chi connectivity index (χ0) is 12.5. The van der Waals surface area contributed by atoms with Crippen LogP contribution in [0.3, 0.4) is 0 Å². The first-order chi connectivity index (χ1) is 7.99. The Morgan fingerprint density at radius 3 is 2.65 bits per heavy atom. The van der Waals surface area contributed by atoms with Gasteiger partial charge in [0.2, 0.25) is 10.0 Å². The minimum Gasteiger partial charge on any atom is -0.208 e. The first-order valence-corrected chi connectivity index (χ1v) is 7.24. The van der Waals surface area contributed by atoms with Gasteiger partial charge in [0.05, 0.1) is 0 Å². The highest BCUT2D eigenvalue weighted by atomic mass is 32.2. The molecule has 0 heterocycles. The largest absolute Gasteiger partial charge is 0.243 e. The van der Waals surface area contributed by atoms with Gasteiger partial charge in [-0.1, -0.05) is 25.0 Å². The van der Waals surface area contributed by atoms with Crippen molar-refractivity contribution in [2.75, 3.05) is 0 Å². The summed E-state index contributed by atoms with van der Waals surface area (Å²) in [6.45, 7) is 1.82. The second kappa shape index (κ2) is 4.74. The molecule has 1 aliphatic rings. The van der Waals surface area contributed by atoms with E-state index in [2.05, 4.69) is 4.72 Å². The highest BCUT2D eigenvalue weighted by Gasteiger charge is 2.27. The van der Waals surface area contributed by atoms with Crippen molar-refractivity contribution in [3.8, 4) is 0 Å². The smallest absolute Gasteiger partial charge is 0.208 e. The number of nitrogens with one attached hydrogen (secondary N) is 1. The van der Waals surface area contributed by atoms with Gasteiger partial charge in [-0.3, -0.25) is 0 Å². The number of halogens is 1. The molecule has 1 N–H and O–H groups in total. The van der Waals surface area contributed by atoms with Crippen molar-refractivity contribution in [1.29, 1.82) is 0 Å². The molecule has 0 radical (unpaired) electrons. The summed E-state index contributed by atoms with van der Waals surface area (Å²) in [4.78, 5) is -0.275. The molecule has 0 aliphatic heterocycles. The average molecular weight is 257 g/mol. The number of rotatable bonds is 5. The van der Waals surface area contributed by atoms with Crippen LogP contribution in [-0.4, -0.2) is 14.5 Å². The van der Waals surface area contributed by atoms with Gasteiger partial charge in [0.1, 0.15) is 10.7 Å². The van der Waals surface area contributed by atoms with Gasteiger partial charge in [-0.2, -0.15) is 0 Å². The van der Waals surface area contributed by atoms with Crippen molar-refractivity contribution in [3.63, 3.8) is 0 Å². The summed E-state index contributed by atoms with van der Waals surface area (Å²) in [6, 6.07) is 5.28. The Bertz CT molecular complexity index is 497. The third kappa shape index (κ3) is 3.26. The maximum atomic E-state index is 13.4.